The Hall–Kier alpha value is -2.01. The van der Waals surface area contributed by atoms with Gasteiger partial charge in [-0.2, -0.15) is 22.7 Å². The van der Waals surface area contributed by atoms with E-state index in [1.165, 1.54) is 20.1 Å². The number of rotatable bonds is 4. The molecule has 0 fully saturated rings. The molecule has 0 amide bonds. The van der Waals surface area contributed by atoms with Crippen molar-refractivity contribution < 1.29 is 4.39 Å². The van der Waals surface area contributed by atoms with Crippen LogP contribution in [0, 0.1) is 5.82 Å². The molecule has 118 valence electrons. The van der Waals surface area contributed by atoms with Crippen LogP contribution in [0.1, 0.15) is 0 Å². The van der Waals surface area contributed by atoms with Gasteiger partial charge in [0, 0.05) is 4.50 Å². The van der Waals surface area contributed by atoms with E-state index in [-0.39, 0.29) is 5.82 Å². The molecule has 0 aliphatic rings. The SMILES string of the molecule is Fc1ccc([Si](c2ccccc2)(c2ccsc2)c2cccs2)cc1. The molecule has 1 atom stereocenters. The molecule has 0 saturated heterocycles. The van der Waals surface area contributed by atoms with E-state index in [1.54, 1.807) is 34.8 Å². The summed E-state index contributed by atoms with van der Waals surface area (Å²) in [4.78, 5) is 0. The lowest BCUT2D eigenvalue weighted by atomic mass is 10.3. The third-order valence-corrected chi connectivity index (χ3v) is 11.7. The van der Waals surface area contributed by atoms with Crippen molar-refractivity contribution in [2.24, 2.45) is 0 Å². The first-order valence-corrected chi connectivity index (χ1v) is 11.5. The smallest absolute Gasteiger partial charge is 0.191 e. The summed E-state index contributed by atoms with van der Waals surface area (Å²) in [6.45, 7) is 0. The lowest BCUT2D eigenvalue weighted by Crippen LogP contribution is -2.73. The molecule has 2 aromatic carbocycles. The number of hydrogen-bond donors (Lipinski definition) is 0. The summed E-state index contributed by atoms with van der Waals surface area (Å²) in [6, 6.07) is 24.3. The van der Waals surface area contributed by atoms with Gasteiger partial charge in [-0.25, -0.2) is 4.39 Å². The van der Waals surface area contributed by atoms with Crippen molar-refractivity contribution in [2.75, 3.05) is 0 Å². The summed E-state index contributed by atoms with van der Waals surface area (Å²) in [5.41, 5.74) is 0. The third kappa shape index (κ3) is 2.47. The zero-order valence-electron chi connectivity index (χ0n) is 12.9. The van der Waals surface area contributed by atoms with Crippen LogP contribution in [0.3, 0.4) is 0 Å². The minimum Gasteiger partial charge on any atom is -0.207 e. The quantitative estimate of drug-likeness (QED) is 0.486. The standard InChI is InChI=1S/C20H15FS2Si/c21-16-8-10-18(11-9-16)24(19-12-14-22-15-19,20-7-4-13-23-20)17-5-2-1-3-6-17/h1-15H. The van der Waals surface area contributed by atoms with Crippen molar-refractivity contribution in [1.82, 2.24) is 0 Å². The molecule has 0 spiro atoms. The topological polar surface area (TPSA) is 0 Å². The fourth-order valence-corrected chi connectivity index (χ4v) is 11.2. The summed E-state index contributed by atoms with van der Waals surface area (Å²) >= 11 is 3.52. The first-order chi connectivity index (χ1) is 11.8. The van der Waals surface area contributed by atoms with Crippen LogP contribution < -0.4 is 20.1 Å². The molecule has 2 aromatic heterocycles. The monoisotopic (exact) mass is 366 g/mol. The first-order valence-electron chi connectivity index (χ1n) is 7.70. The fourth-order valence-electron chi connectivity index (χ4n) is 3.28. The lowest BCUT2D eigenvalue weighted by molar-refractivity contribution is 0.628. The van der Waals surface area contributed by atoms with Gasteiger partial charge in [0.15, 0.2) is 8.07 Å². The van der Waals surface area contributed by atoms with E-state index < -0.39 is 8.07 Å². The normalized spacial score (nSPS) is 13.5. The van der Waals surface area contributed by atoms with Crippen LogP contribution in [0.5, 0.6) is 0 Å². The Labute approximate surface area is 149 Å². The molecule has 2 heterocycles. The maximum atomic E-state index is 13.6. The van der Waals surface area contributed by atoms with Crippen molar-refractivity contribution >= 4 is 50.8 Å². The van der Waals surface area contributed by atoms with Crippen LogP contribution in [-0.4, -0.2) is 8.07 Å². The van der Waals surface area contributed by atoms with Crippen LogP contribution in [0.4, 0.5) is 4.39 Å². The Morgan fingerprint density at radius 3 is 2.04 bits per heavy atom. The summed E-state index contributed by atoms with van der Waals surface area (Å²) in [5.74, 6) is -0.189. The Balaban J connectivity index is 2.09. The van der Waals surface area contributed by atoms with Crippen molar-refractivity contribution in [1.29, 1.82) is 0 Å². The minimum absolute atomic E-state index is 0.189. The summed E-state index contributed by atoms with van der Waals surface area (Å²) < 4.78 is 15.0. The largest absolute Gasteiger partial charge is 0.207 e. The third-order valence-electron chi connectivity index (χ3n) is 4.33. The Morgan fingerprint density at radius 2 is 1.42 bits per heavy atom. The molecule has 1 unspecified atom stereocenters. The molecule has 24 heavy (non-hydrogen) atoms. The molecule has 0 aliphatic heterocycles. The lowest BCUT2D eigenvalue weighted by Gasteiger charge is -2.31. The molecule has 0 nitrogen and oxygen atoms in total. The van der Waals surface area contributed by atoms with E-state index >= 15 is 0 Å². The number of benzene rings is 2. The first kappa shape index (κ1) is 15.5. The summed E-state index contributed by atoms with van der Waals surface area (Å²) in [7, 11) is -2.36. The average molecular weight is 367 g/mol. The second-order valence-electron chi connectivity index (χ2n) is 5.61. The molecule has 4 aromatic rings. The highest BCUT2D eigenvalue weighted by atomic mass is 32.1. The zero-order chi connectivity index (χ0) is 16.4. The van der Waals surface area contributed by atoms with Crippen LogP contribution in [0.15, 0.2) is 88.9 Å². The average Bonchev–Trinajstić information content (AvgIpc) is 3.33. The van der Waals surface area contributed by atoms with Crippen LogP contribution in [0.2, 0.25) is 0 Å². The van der Waals surface area contributed by atoms with Gasteiger partial charge in [-0.15, -0.1) is 0 Å². The van der Waals surface area contributed by atoms with E-state index in [1.807, 2.05) is 12.1 Å². The highest BCUT2D eigenvalue weighted by molar-refractivity contribution is 7.36. The maximum absolute atomic E-state index is 13.6. The highest BCUT2D eigenvalue weighted by Crippen LogP contribution is 2.14. The molecule has 4 rings (SSSR count). The molecular weight excluding hydrogens is 351 g/mol. The van der Waals surface area contributed by atoms with E-state index in [2.05, 4.69) is 64.7 Å². The van der Waals surface area contributed by atoms with Crippen LogP contribution in [0.25, 0.3) is 0 Å². The second kappa shape index (κ2) is 6.47. The van der Waals surface area contributed by atoms with Crippen molar-refractivity contribution in [3.8, 4) is 0 Å². The second-order valence-corrected chi connectivity index (χ2v) is 11.5. The van der Waals surface area contributed by atoms with Crippen molar-refractivity contribution in [2.45, 2.75) is 0 Å². The van der Waals surface area contributed by atoms with Gasteiger partial charge in [-0.3, -0.25) is 0 Å². The van der Waals surface area contributed by atoms with Gasteiger partial charge >= 0.3 is 0 Å². The fraction of sp³-hybridized carbons (Fsp3) is 0. The van der Waals surface area contributed by atoms with E-state index in [9.17, 15) is 4.39 Å². The van der Waals surface area contributed by atoms with Crippen molar-refractivity contribution in [3.63, 3.8) is 0 Å². The molecule has 0 saturated carbocycles. The number of halogens is 1. The molecular formula is C20H15FS2Si. The molecule has 0 radical (unpaired) electrons. The Morgan fingerprint density at radius 1 is 0.667 bits per heavy atom. The van der Waals surface area contributed by atoms with E-state index in [0.29, 0.717) is 0 Å². The van der Waals surface area contributed by atoms with Gasteiger partial charge in [0.25, 0.3) is 0 Å². The van der Waals surface area contributed by atoms with Gasteiger partial charge in [0.2, 0.25) is 0 Å². The Kier molecular flexibility index (Phi) is 4.18. The van der Waals surface area contributed by atoms with E-state index in [0.717, 1.165) is 0 Å². The molecule has 0 N–H and O–H groups in total. The predicted molar refractivity (Wildman–Crippen MR) is 106 cm³/mol. The maximum Gasteiger partial charge on any atom is 0.191 e. The van der Waals surface area contributed by atoms with Gasteiger partial charge < -0.3 is 0 Å². The number of hydrogen-bond acceptors (Lipinski definition) is 2. The number of thiophene rings is 2. The summed E-state index contributed by atoms with van der Waals surface area (Å²) in [6.07, 6.45) is 0. The van der Waals surface area contributed by atoms with Crippen molar-refractivity contribution in [3.05, 3.63) is 94.8 Å². The predicted octanol–water partition coefficient (Wildman–Crippen LogP) is 3.33. The van der Waals surface area contributed by atoms with Gasteiger partial charge in [-0.1, -0.05) is 60.7 Å². The minimum atomic E-state index is -2.36. The molecule has 0 bridgehead atoms. The summed E-state index contributed by atoms with van der Waals surface area (Å²) in [5, 5.41) is 10.4. The highest BCUT2D eigenvalue weighted by Gasteiger charge is 2.42. The van der Waals surface area contributed by atoms with Gasteiger partial charge in [-0.05, 0) is 43.8 Å². The van der Waals surface area contributed by atoms with Gasteiger partial charge in [0.1, 0.15) is 5.82 Å². The van der Waals surface area contributed by atoms with Crippen LogP contribution in [-0.2, 0) is 0 Å². The zero-order valence-corrected chi connectivity index (χ0v) is 15.5. The Bertz CT molecular complexity index is 864. The van der Waals surface area contributed by atoms with Crippen LogP contribution >= 0.6 is 22.7 Å². The molecule has 0 aliphatic carbocycles. The van der Waals surface area contributed by atoms with E-state index in [4.69, 9.17) is 0 Å². The van der Waals surface area contributed by atoms with Gasteiger partial charge in [0.05, 0.1) is 0 Å². The molecule has 4 heteroatoms.